The maximum Gasteiger partial charge on any atom is 0.129 e. The Morgan fingerprint density at radius 3 is 2.62 bits per heavy atom. The van der Waals surface area contributed by atoms with Crippen LogP contribution < -0.4 is 4.74 Å². The zero-order valence-corrected chi connectivity index (χ0v) is 12.6. The van der Waals surface area contributed by atoms with E-state index in [1.165, 1.54) is 0 Å². The molecule has 0 aromatic heterocycles. The van der Waals surface area contributed by atoms with Gasteiger partial charge in [-0.1, -0.05) is 31.9 Å². The maximum absolute atomic E-state index is 10.3. The number of alkyl halides is 1. The molecule has 1 aliphatic heterocycles. The van der Waals surface area contributed by atoms with Gasteiger partial charge in [0.25, 0.3) is 0 Å². The molecule has 0 saturated carbocycles. The Morgan fingerprint density at radius 1 is 1.38 bits per heavy atom. The fourth-order valence-corrected chi connectivity index (χ4v) is 2.94. The van der Waals surface area contributed by atoms with Gasteiger partial charge in [0.1, 0.15) is 11.4 Å². The summed E-state index contributed by atoms with van der Waals surface area (Å²) >= 11 is 6.94. The molecular weight excluding hydrogens is 336 g/mol. The zero-order valence-electron chi connectivity index (χ0n) is 9.42. The Kier molecular flexibility index (Phi) is 3.10. The molecule has 2 nitrogen and oxygen atoms in total. The molecule has 0 bridgehead atoms. The molecule has 16 heavy (non-hydrogen) atoms. The number of hydrogen-bond acceptors (Lipinski definition) is 2. The molecule has 1 aromatic rings. The van der Waals surface area contributed by atoms with Crippen LogP contribution in [-0.4, -0.2) is 15.5 Å². The normalized spacial score (nSPS) is 27.1. The third-order valence-electron chi connectivity index (χ3n) is 2.89. The Hall–Kier alpha value is -0.0600. The molecule has 0 amide bonds. The molecule has 0 fully saturated rings. The lowest BCUT2D eigenvalue weighted by Crippen LogP contribution is -2.45. The second-order valence-electron chi connectivity index (χ2n) is 4.69. The van der Waals surface area contributed by atoms with E-state index in [2.05, 4.69) is 31.9 Å². The molecule has 0 aliphatic carbocycles. The van der Waals surface area contributed by atoms with Gasteiger partial charge in [-0.3, -0.25) is 0 Å². The van der Waals surface area contributed by atoms with E-state index >= 15 is 0 Å². The molecular formula is C12H14Br2O2. The minimum atomic E-state index is -0.546. The van der Waals surface area contributed by atoms with E-state index in [4.69, 9.17) is 4.74 Å². The molecule has 88 valence electrons. The van der Waals surface area contributed by atoms with Gasteiger partial charge in [-0.05, 0) is 38.5 Å². The summed E-state index contributed by atoms with van der Waals surface area (Å²) in [6, 6.07) is 3.91. The largest absolute Gasteiger partial charge is 0.486 e. The summed E-state index contributed by atoms with van der Waals surface area (Å²) in [6.07, 6.45) is -0.546. The standard InChI is InChI=1S/C12H14Br2O2/c1-6-4-7(13)5-8-9(15)11(14)12(2,3)16-10(6)8/h4-5,9,11,15H,1-3H3. The van der Waals surface area contributed by atoms with Crippen molar-refractivity contribution in [3.05, 3.63) is 27.7 Å². The summed E-state index contributed by atoms with van der Waals surface area (Å²) in [5, 5.41) is 10.3. The first-order valence-electron chi connectivity index (χ1n) is 5.14. The summed E-state index contributed by atoms with van der Waals surface area (Å²) in [7, 11) is 0. The first-order valence-corrected chi connectivity index (χ1v) is 6.85. The number of aliphatic hydroxyl groups is 1. The minimum absolute atomic E-state index is 0.110. The van der Waals surface area contributed by atoms with Crippen LogP contribution in [-0.2, 0) is 0 Å². The summed E-state index contributed by atoms with van der Waals surface area (Å²) < 4.78 is 6.92. The number of aryl methyl sites for hydroxylation is 1. The highest BCUT2D eigenvalue weighted by atomic mass is 79.9. The van der Waals surface area contributed by atoms with E-state index in [0.717, 1.165) is 21.3 Å². The van der Waals surface area contributed by atoms with Crippen molar-refractivity contribution < 1.29 is 9.84 Å². The molecule has 2 atom stereocenters. The average molecular weight is 350 g/mol. The number of benzene rings is 1. The smallest absolute Gasteiger partial charge is 0.129 e. The predicted octanol–water partition coefficient (Wildman–Crippen LogP) is 3.73. The summed E-state index contributed by atoms with van der Waals surface area (Å²) in [5.74, 6) is 0.802. The number of aliphatic hydroxyl groups excluding tert-OH is 1. The molecule has 4 heteroatoms. The van der Waals surface area contributed by atoms with Crippen molar-refractivity contribution >= 4 is 31.9 Å². The third kappa shape index (κ3) is 1.91. The fraction of sp³-hybridized carbons (Fsp3) is 0.500. The van der Waals surface area contributed by atoms with Gasteiger partial charge in [0.15, 0.2) is 0 Å². The van der Waals surface area contributed by atoms with E-state index in [0.29, 0.717) is 0 Å². The monoisotopic (exact) mass is 348 g/mol. The van der Waals surface area contributed by atoms with Gasteiger partial charge >= 0.3 is 0 Å². The first kappa shape index (κ1) is 12.4. The van der Waals surface area contributed by atoms with E-state index in [9.17, 15) is 5.11 Å². The quantitative estimate of drug-likeness (QED) is 0.723. The van der Waals surface area contributed by atoms with Crippen LogP contribution in [0.15, 0.2) is 16.6 Å². The van der Waals surface area contributed by atoms with E-state index in [1.54, 1.807) is 0 Å². The van der Waals surface area contributed by atoms with E-state index in [-0.39, 0.29) is 4.83 Å². The van der Waals surface area contributed by atoms with Gasteiger partial charge in [-0.25, -0.2) is 0 Å². The van der Waals surface area contributed by atoms with Crippen molar-refractivity contribution in [3.63, 3.8) is 0 Å². The Balaban J connectivity index is 2.59. The number of rotatable bonds is 0. The summed E-state index contributed by atoms with van der Waals surface area (Å²) in [6.45, 7) is 5.93. The molecule has 0 saturated heterocycles. The third-order valence-corrected chi connectivity index (χ3v) is 4.95. The fourth-order valence-electron chi connectivity index (χ4n) is 1.97. The van der Waals surface area contributed by atoms with Crippen LogP contribution in [0.2, 0.25) is 0 Å². The van der Waals surface area contributed by atoms with Crippen LogP contribution in [0.1, 0.15) is 31.1 Å². The molecule has 0 radical (unpaired) electrons. The average Bonchev–Trinajstić information content (AvgIpc) is 2.17. The predicted molar refractivity (Wildman–Crippen MR) is 71.3 cm³/mol. The van der Waals surface area contributed by atoms with Gasteiger partial charge in [-0.2, -0.15) is 0 Å². The highest BCUT2D eigenvalue weighted by Crippen LogP contribution is 2.45. The van der Waals surface area contributed by atoms with E-state index < -0.39 is 11.7 Å². The van der Waals surface area contributed by atoms with Gasteiger partial charge in [-0.15, -0.1) is 0 Å². The highest BCUT2D eigenvalue weighted by Gasteiger charge is 2.42. The van der Waals surface area contributed by atoms with Crippen molar-refractivity contribution in [2.24, 2.45) is 0 Å². The minimum Gasteiger partial charge on any atom is -0.486 e. The zero-order chi connectivity index (χ0) is 12.1. The molecule has 2 unspecified atom stereocenters. The van der Waals surface area contributed by atoms with Crippen molar-refractivity contribution in [3.8, 4) is 5.75 Å². The Labute approximate surface area is 112 Å². The summed E-state index contributed by atoms with van der Waals surface area (Å²) in [5.41, 5.74) is 1.47. The molecule has 1 N–H and O–H groups in total. The van der Waals surface area contributed by atoms with Crippen LogP contribution in [0.4, 0.5) is 0 Å². The topological polar surface area (TPSA) is 29.5 Å². The van der Waals surface area contributed by atoms with E-state index in [1.807, 2.05) is 32.9 Å². The number of hydrogen-bond donors (Lipinski definition) is 1. The van der Waals surface area contributed by atoms with Gasteiger partial charge in [0.05, 0.1) is 10.9 Å². The Morgan fingerprint density at radius 2 is 2.00 bits per heavy atom. The van der Waals surface area contributed by atoms with Crippen LogP contribution >= 0.6 is 31.9 Å². The van der Waals surface area contributed by atoms with Crippen molar-refractivity contribution in [1.29, 1.82) is 0 Å². The maximum atomic E-state index is 10.3. The number of ether oxygens (including phenoxy) is 1. The lowest BCUT2D eigenvalue weighted by molar-refractivity contribution is 0.0218. The van der Waals surface area contributed by atoms with Crippen LogP contribution in [0.25, 0.3) is 0 Å². The number of halogens is 2. The molecule has 1 aromatic carbocycles. The van der Waals surface area contributed by atoms with Crippen molar-refractivity contribution in [2.45, 2.75) is 37.3 Å². The van der Waals surface area contributed by atoms with Gasteiger partial charge < -0.3 is 9.84 Å². The second-order valence-corrected chi connectivity index (χ2v) is 6.60. The number of fused-ring (bicyclic) bond motifs is 1. The molecule has 1 aliphatic rings. The lowest BCUT2D eigenvalue weighted by Gasteiger charge is -2.40. The van der Waals surface area contributed by atoms with Crippen LogP contribution in [0.5, 0.6) is 5.75 Å². The highest BCUT2D eigenvalue weighted by molar-refractivity contribution is 9.10. The summed E-state index contributed by atoms with van der Waals surface area (Å²) in [4.78, 5) is -0.110. The van der Waals surface area contributed by atoms with Crippen LogP contribution in [0.3, 0.4) is 0 Å². The first-order chi connectivity index (χ1) is 7.33. The molecule has 1 heterocycles. The SMILES string of the molecule is Cc1cc(Br)cc2c1OC(C)(C)C(Br)C2O. The molecule has 0 spiro atoms. The van der Waals surface area contributed by atoms with Crippen LogP contribution in [0, 0.1) is 6.92 Å². The molecule has 2 rings (SSSR count). The van der Waals surface area contributed by atoms with Crippen molar-refractivity contribution in [2.75, 3.05) is 0 Å². The van der Waals surface area contributed by atoms with Gasteiger partial charge in [0.2, 0.25) is 0 Å². The second kappa shape index (κ2) is 4.00. The van der Waals surface area contributed by atoms with Crippen molar-refractivity contribution in [1.82, 2.24) is 0 Å². The van der Waals surface area contributed by atoms with Gasteiger partial charge in [0, 0.05) is 10.0 Å². The Bertz CT molecular complexity index is 429. The lowest BCUT2D eigenvalue weighted by atomic mass is 9.90.